The van der Waals surface area contributed by atoms with Gasteiger partial charge in [-0.3, -0.25) is 0 Å². The van der Waals surface area contributed by atoms with E-state index in [2.05, 4.69) is 17.3 Å². The second-order valence-corrected chi connectivity index (χ2v) is 7.70. The third-order valence-electron chi connectivity index (χ3n) is 4.16. The van der Waals surface area contributed by atoms with E-state index < -0.39 is 9.84 Å². The normalized spacial score (nSPS) is 29.5. The lowest BCUT2D eigenvalue weighted by Gasteiger charge is -2.16. The SMILES string of the molecule is CN1CCC(CNC2CS(=O)(=O)c3ccccc32)C1. The molecular weight excluding hydrogens is 260 g/mol. The van der Waals surface area contributed by atoms with E-state index in [1.54, 1.807) is 12.1 Å². The van der Waals surface area contributed by atoms with E-state index in [9.17, 15) is 8.42 Å². The number of nitrogens with one attached hydrogen (secondary N) is 1. The molecule has 5 heteroatoms. The molecule has 19 heavy (non-hydrogen) atoms. The third-order valence-corrected chi connectivity index (χ3v) is 5.97. The summed E-state index contributed by atoms with van der Waals surface area (Å²) in [6, 6.07) is 7.32. The van der Waals surface area contributed by atoms with Crippen LogP contribution < -0.4 is 5.32 Å². The number of fused-ring (bicyclic) bond motifs is 1. The van der Waals surface area contributed by atoms with Gasteiger partial charge >= 0.3 is 0 Å². The minimum absolute atomic E-state index is 0.0351. The Kier molecular flexibility index (Phi) is 3.37. The smallest absolute Gasteiger partial charge is 0.180 e. The summed E-state index contributed by atoms with van der Waals surface area (Å²) in [5.74, 6) is 0.843. The summed E-state index contributed by atoms with van der Waals surface area (Å²) in [7, 11) is -0.950. The molecule has 0 amide bonds. The quantitative estimate of drug-likeness (QED) is 0.899. The molecule has 0 radical (unpaired) electrons. The van der Waals surface area contributed by atoms with Gasteiger partial charge in [-0.2, -0.15) is 0 Å². The van der Waals surface area contributed by atoms with Crippen LogP contribution in [0.25, 0.3) is 0 Å². The van der Waals surface area contributed by atoms with Crippen molar-refractivity contribution in [1.29, 1.82) is 0 Å². The number of sulfone groups is 1. The summed E-state index contributed by atoms with van der Waals surface area (Å²) in [5, 5.41) is 3.45. The maximum absolute atomic E-state index is 12.1. The highest BCUT2D eigenvalue weighted by atomic mass is 32.2. The molecule has 2 atom stereocenters. The van der Waals surface area contributed by atoms with Crippen molar-refractivity contribution in [3.8, 4) is 0 Å². The molecule has 1 aromatic carbocycles. The second kappa shape index (κ2) is 4.89. The van der Waals surface area contributed by atoms with E-state index in [-0.39, 0.29) is 11.8 Å². The first-order valence-electron chi connectivity index (χ1n) is 6.80. The van der Waals surface area contributed by atoms with Gasteiger partial charge in [0.2, 0.25) is 0 Å². The standard InChI is InChI=1S/C14H20N2O2S/c1-16-7-6-11(9-16)8-15-13-10-19(17,18)14-5-3-2-4-12(13)14/h2-5,11,13,15H,6-10H2,1H3. The largest absolute Gasteiger partial charge is 0.309 e. The Morgan fingerprint density at radius 3 is 2.89 bits per heavy atom. The lowest BCUT2D eigenvalue weighted by molar-refractivity contribution is 0.382. The molecule has 1 N–H and O–H groups in total. The van der Waals surface area contributed by atoms with Gasteiger partial charge in [0.05, 0.1) is 10.6 Å². The number of hydrogen-bond donors (Lipinski definition) is 1. The van der Waals surface area contributed by atoms with E-state index in [1.165, 1.54) is 6.42 Å². The summed E-state index contributed by atoms with van der Waals surface area (Å²) < 4.78 is 24.1. The van der Waals surface area contributed by atoms with Crippen molar-refractivity contribution in [3.63, 3.8) is 0 Å². The minimum atomic E-state index is -3.08. The summed E-state index contributed by atoms with van der Waals surface area (Å²) in [6.45, 7) is 3.15. The Morgan fingerprint density at radius 1 is 1.37 bits per heavy atom. The molecule has 1 saturated heterocycles. The topological polar surface area (TPSA) is 49.4 Å². The van der Waals surface area contributed by atoms with Gasteiger partial charge in [-0.15, -0.1) is 0 Å². The fourth-order valence-electron chi connectivity index (χ4n) is 3.12. The van der Waals surface area contributed by atoms with Crippen LogP contribution in [0.5, 0.6) is 0 Å². The molecule has 0 saturated carbocycles. The summed E-state index contributed by atoms with van der Waals surface area (Å²) in [6.07, 6.45) is 1.20. The molecule has 0 bridgehead atoms. The fraction of sp³-hybridized carbons (Fsp3) is 0.571. The van der Waals surface area contributed by atoms with Crippen LogP contribution in [0.1, 0.15) is 18.0 Å². The molecule has 1 fully saturated rings. The monoisotopic (exact) mass is 280 g/mol. The lowest BCUT2D eigenvalue weighted by Crippen LogP contribution is -2.29. The van der Waals surface area contributed by atoms with Crippen LogP contribution in [-0.4, -0.2) is 45.8 Å². The lowest BCUT2D eigenvalue weighted by atomic mass is 10.1. The van der Waals surface area contributed by atoms with Crippen LogP contribution in [0.3, 0.4) is 0 Å². The van der Waals surface area contributed by atoms with Crippen LogP contribution in [0.15, 0.2) is 29.2 Å². The zero-order valence-electron chi connectivity index (χ0n) is 11.2. The molecular formula is C14H20N2O2S. The molecule has 0 spiro atoms. The summed E-state index contributed by atoms with van der Waals surface area (Å²) >= 11 is 0. The van der Waals surface area contributed by atoms with Crippen molar-refractivity contribution in [2.75, 3.05) is 32.4 Å². The third kappa shape index (κ3) is 2.55. The number of rotatable bonds is 3. The predicted octanol–water partition coefficient (Wildman–Crippen LogP) is 1.06. The van der Waals surface area contributed by atoms with Gasteiger partial charge in [0, 0.05) is 12.6 Å². The van der Waals surface area contributed by atoms with Gasteiger partial charge in [0.15, 0.2) is 9.84 Å². The van der Waals surface area contributed by atoms with Crippen molar-refractivity contribution in [1.82, 2.24) is 10.2 Å². The van der Waals surface area contributed by atoms with E-state index in [1.807, 2.05) is 12.1 Å². The van der Waals surface area contributed by atoms with Gasteiger partial charge in [-0.25, -0.2) is 8.42 Å². The zero-order chi connectivity index (χ0) is 13.5. The first-order valence-corrected chi connectivity index (χ1v) is 8.45. The Bertz CT molecular complexity index is 571. The van der Waals surface area contributed by atoms with E-state index >= 15 is 0 Å². The van der Waals surface area contributed by atoms with Gasteiger partial charge in [0.25, 0.3) is 0 Å². The maximum Gasteiger partial charge on any atom is 0.180 e. The van der Waals surface area contributed by atoms with Crippen molar-refractivity contribution < 1.29 is 8.42 Å². The molecule has 104 valence electrons. The van der Waals surface area contributed by atoms with Crippen LogP contribution in [0.2, 0.25) is 0 Å². The number of hydrogen-bond acceptors (Lipinski definition) is 4. The molecule has 4 nitrogen and oxygen atoms in total. The Balaban J connectivity index is 1.70. The Labute approximate surface area is 114 Å². The average Bonchev–Trinajstić information content (AvgIpc) is 2.90. The number of likely N-dealkylation sites (tertiary alicyclic amines) is 1. The van der Waals surface area contributed by atoms with Gasteiger partial charge in [0.1, 0.15) is 0 Å². The minimum Gasteiger partial charge on any atom is -0.309 e. The van der Waals surface area contributed by atoms with Gasteiger partial charge in [-0.05, 0) is 44.1 Å². The van der Waals surface area contributed by atoms with E-state index in [4.69, 9.17) is 0 Å². The van der Waals surface area contributed by atoms with E-state index in [0.717, 1.165) is 25.2 Å². The first-order chi connectivity index (χ1) is 9.06. The summed E-state index contributed by atoms with van der Waals surface area (Å²) in [4.78, 5) is 2.84. The second-order valence-electron chi connectivity index (χ2n) is 5.70. The first kappa shape index (κ1) is 13.1. The summed E-state index contributed by atoms with van der Waals surface area (Å²) in [5.41, 5.74) is 0.939. The van der Waals surface area contributed by atoms with Crippen molar-refractivity contribution in [2.24, 2.45) is 5.92 Å². The zero-order valence-corrected chi connectivity index (χ0v) is 12.0. The molecule has 0 aliphatic carbocycles. The molecule has 2 aliphatic rings. The average molecular weight is 280 g/mol. The molecule has 3 rings (SSSR count). The van der Waals surface area contributed by atoms with Crippen LogP contribution in [-0.2, 0) is 9.84 Å². The highest BCUT2D eigenvalue weighted by molar-refractivity contribution is 7.91. The molecule has 2 heterocycles. The molecule has 2 aliphatic heterocycles. The van der Waals surface area contributed by atoms with E-state index in [0.29, 0.717) is 10.8 Å². The van der Waals surface area contributed by atoms with Crippen molar-refractivity contribution >= 4 is 9.84 Å². The highest BCUT2D eigenvalue weighted by Crippen LogP contribution is 2.33. The van der Waals surface area contributed by atoms with Crippen LogP contribution in [0.4, 0.5) is 0 Å². The van der Waals surface area contributed by atoms with Crippen molar-refractivity contribution in [3.05, 3.63) is 29.8 Å². The van der Waals surface area contributed by atoms with Crippen molar-refractivity contribution in [2.45, 2.75) is 17.4 Å². The van der Waals surface area contributed by atoms with Crippen LogP contribution in [0, 0.1) is 5.92 Å². The highest BCUT2D eigenvalue weighted by Gasteiger charge is 2.34. The maximum atomic E-state index is 12.1. The van der Waals surface area contributed by atoms with Crippen LogP contribution >= 0.6 is 0 Å². The Morgan fingerprint density at radius 2 is 2.16 bits per heavy atom. The molecule has 2 unspecified atom stereocenters. The van der Waals surface area contributed by atoms with Gasteiger partial charge < -0.3 is 10.2 Å². The van der Waals surface area contributed by atoms with Gasteiger partial charge in [-0.1, -0.05) is 18.2 Å². The predicted molar refractivity (Wildman–Crippen MR) is 74.8 cm³/mol. The molecule has 0 aromatic heterocycles. The fourth-order valence-corrected chi connectivity index (χ4v) is 4.89. The molecule has 1 aromatic rings. The number of benzene rings is 1. The number of nitrogens with zero attached hydrogens (tertiary/aromatic N) is 1. The Hall–Kier alpha value is -0.910.